The quantitative estimate of drug-likeness (QED) is 0.636. The largest absolute Gasteiger partial charge is 0.468 e. The second kappa shape index (κ2) is 9.76. The van der Waals surface area contributed by atoms with Gasteiger partial charge in [0.2, 0.25) is 0 Å². The number of nitrogens with two attached hydrogens (primary N) is 1. The summed E-state index contributed by atoms with van der Waals surface area (Å²) in [5.74, 6) is 0.250. The third kappa shape index (κ3) is 5.32. The lowest BCUT2D eigenvalue weighted by molar-refractivity contribution is 0.00647. The molecule has 1 aliphatic heterocycles. The van der Waals surface area contributed by atoms with E-state index >= 15 is 0 Å². The number of piperazine rings is 1. The number of amides is 1. The number of ether oxygens (including phenoxy) is 3. The summed E-state index contributed by atoms with van der Waals surface area (Å²) in [6.45, 7) is 12.7. The molecule has 2 aromatic heterocycles. The number of nitrogens with zero attached hydrogens (tertiary/aromatic N) is 6. The van der Waals surface area contributed by atoms with Gasteiger partial charge in [-0.1, -0.05) is 13.3 Å². The number of aromatic nitrogens is 4. The van der Waals surface area contributed by atoms with Crippen LogP contribution in [0.2, 0.25) is 0 Å². The zero-order chi connectivity index (χ0) is 23.5. The van der Waals surface area contributed by atoms with E-state index in [9.17, 15) is 4.79 Å². The number of rotatable bonds is 7. The van der Waals surface area contributed by atoms with Gasteiger partial charge in [0.1, 0.15) is 5.60 Å². The Morgan fingerprint density at radius 2 is 1.84 bits per heavy atom. The molecule has 2 N–H and O–H groups in total. The summed E-state index contributed by atoms with van der Waals surface area (Å²) in [6.07, 6.45) is 1.50. The molecule has 2 aromatic rings. The zero-order valence-electron chi connectivity index (χ0n) is 19.9. The van der Waals surface area contributed by atoms with Crippen LogP contribution in [0.15, 0.2) is 0 Å². The van der Waals surface area contributed by atoms with Crippen molar-refractivity contribution in [1.82, 2.24) is 29.3 Å². The smallest absolute Gasteiger partial charge is 0.410 e. The fraction of sp³-hybridized carbons (Fsp3) is 0.714. The van der Waals surface area contributed by atoms with Crippen molar-refractivity contribution >= 4 is 23.1 Å². The van der Waals surface area contributed by atoms with Crippen LogP contribution in [0.1, 0.15) is 53.6 Å². The van der Waals surface area contributed by atoms with Gasteiger partial charge in [-0.2, -0.15) is 15.0 Å². The number of carbonyl (C=O) groups excluding carboxylic acids is 1. The second-order valence-corrected chi connectivity index (χ2v) is 8.87. The molecule has 32 heavy (non-hydrogen) atoms. The van der Waals surface area contributed by atoms with Crippen LogP contribution in [0.25, 0.3) is 11.2 Å². The number of imidazole rings is 1. The topological polar surface area (TPSA) is 121 Å². The molecule has 1 saturated heterocycles. The maximum absolute atomic E-state index is 12.4. The van der Waals surface area contributed by atoms with Crippen LogP contribution < -0.4 is 15.2 Å². The maximum atomic E-state index is 12.4. The van der Waals surface area contributed by atoms with Crippen molar-refractivity contribution in [3.05, 3.63) is 0 Å². The van der Waals surface area contributed by atoms with Crippen LogP contribution in [-0.2, 0) is 4.74 Å². The van der Waals surface area contributed by atoms with Crippen LogP contribution in [0, 0.1) is 0 Å². The van der Waals surface area contributed by atoms with E-state index < -0.39 is 5.60 Å². The lowest BCUT2D eigenvalue weighted by Gasteiger charge is -2.38. The Labute approximate surface area is 188 Å². The molecule has 1 unspecified atom stereocenters. The van der Waals surface area contributed by atoms with E-state index in [0.29, 0.717) is 50.0 Å². The van der Waals surface area contributed by atoms with Gasteiger partial charge in [-0.3, -0.25) is 9.47 Å². The first-order valence-corrected chi connectivity index (χ1v) is 11.1. The van der Waals surface area contributed by atoms with Crippen LogP contribution in [-0.4, -0.2) is 80.9 Å². The highest BCUT2D eigenvalue weighted by Gasteiger charge is 2.30. The van der Waals surface area contributed by atoms with Crippen LogP contribution in [0.5, 0.6) is 12.0 Å². The number of nitrogen functional groups attached to an aromatic ring is 1. The molecule has 11 heteroatoms. The molecule has 0 spiro atoms. The second-order valence-electron chi connectivity index (χ2n) is 8.87. The van der Waals surface area contributed by atoms with E-state index in [1.54, 1.807) is 12.0 Å². The number of hydrogen-bond donors (Lipinski definition) is 1. The number of methoxy groups -OCH3 is 1. The minimum atomic E-state index is -0.513. The van der Waals surface area contributed by atoms with E-state index in [4.69, 9.17) is 19.9 Å². The molecular weight excluding hydrogens is 414 g/mol. The Kier molecular flexibility index (Phi) is 7.27. The fourth-order valence-corrected chi connectivity index (χ4v) is 3.58. The maximum Gasteiger partial charge on any atom is 0.410 e. The summed E-state index contributed by atoms with van der Waals surface area (Å²) in [5, 5.41) is 0. The predicted octanol–water partition coefficient (Wildman–Crippen LogP) is 2.67. The summed E-state index contributed by atoms with van der Waals surface area (Å²) in [4.78, 5) is 29.6. The molecule has 1 fully saturated rings. The molecule has 0 saturated carbocycles. The SMILES string of the molecule is CCCCOc1nc(N)c2nc(OC)n(C(C)N3CCN(C(=O)OC(C)(C)C)CC3)c2n1. The Morgan fingerprint density at radius 1 is 1.16 bits per heavy atom. The van der Waals surface area contributed by atoms with Crippen LogP contribution in [0.3, 0.4) is 0 Å². The molecule has 1 amide bonds. The predicted molar refractivity (Wildman–Crippen MR) is 121 cm³/mol. The van der Waals surface area contributed by atoms with Crippen molar-refractivity contribution in [2.45, 2.75) is 59.2 Å². The molecule has 0 aromatic carbocycles. The van der Waals surface area contributed by atoms with Crippen molar-refractivity contribution in [2.24, 2.45) is 0 Å². The van der Waals surface area contributed by atoms with Gasteiger partial charge in [0, 0.05) is 26.2 Å². The summed E-state index contributed by atoms with van der Waals surface area (Å²) >= 11 is 0. The van der Waals surface area contributed by atoms with Gasteiger partial charge in [-0.15, -0.1) is 0 Å². The Hall–Kier alpha value is -2.82. The molecule has 0 aliphatic carbocycles. The minimum absolute atomic E-state index is 0.131. The van der Waals surface area contributed by atoms with E-state index in [-0.39, 0.29) is 24.1 Å². The zero-order valence-corrected chi connectivity index (χ0v) is 19.9. The number of anilines is 1. The van der Waals surface area contributed by atoms with Crippen molar-refractivity contribution in [2.75, 3.05) is 45.6 Å². The highest BCUT2D eigenvalue weighted by atomic mass is 16.6. The lowest BCUT2D eigenvalue weighted by atomic mass is 10.2. The molecule has 11 nitrogen and oxygen atoms in total. The normalized spacial score (nSPS) is 16.2. The van der Waals surface area contributed by atoms with Crippen LogP contribution >= 0.6 is 0 Å². The Balaban J connectivity index is 1.80. The van der Waals surface area contributed by atoms with Gasteiger partial charge in [0.25, 0.3) is 6.01 Å². The first kappa shape index (κ1) is 23.8. The molecule has 0 radical (unpaired) electrons. The standard InChI is InChI=1S/C21H35N7O4/c1-7-8-13-31-18-24-16(22)15-17(25-18)28(19(23-15)30-6)14(2)26-9-11-27(12-10-26)20(29)32-21(3,4)5/h14H,7-13H2,1-6H3,(H2,22,24,25). The number of carbonyl (C=O) groups is 1. The van der Waals surface area contributed by atoms with Crippen molar-refractivity contribution < 1.29 is 19.0 Å². The first-order chi connectivity index (χ1) is 15.1. The van der Waals surface area contributed by atoms with E-state index in [2.05, 4.69) is 26.8 Å². The summed E-state index contributed by atoms with van der Waals surface area (Å²) < 4.78 is 18.6. The minimum Gasteiger partial charge on any atom is -0.468 e. The number of fused-ring (bicyclic) bond motifs is 1. The highest BCUT2D eigenvalue weighted by Crippen LogP contribution is 2.30. The van der Waals surface area contributed by atoms with Gasteiger partial charge in [-0.05, 0) is 34.1 Å². The molecular formula is C21H35N7O4. The Morgan fingerprint density at radius 3 is 2.44 bits per heavy atom. The van der Waals surface area contributed by atoms with Crippen LogP contribution in [0.4, 0.5) is 10.6 Å². The monoisotopic (exact) mass is 449 g/mol. The first-order valence-electron chi connectivity index (χ1n) is 11.1. The van der Waals surface area contributed by atoms with Crippen molar-refractivity contribution in [1.29, 1.82) is 0 Å². The molecule has 3 rings (SSSR count). The molecule has 0 bridgehead atoms. The summed E-state index contributed by atoms with van der Waals surface area (Å²) in [6, 6.07) is 0.628. The van der Waals surface area contributed by atoms with E-state index in [1.807, 2.05) is 32.3 Å². The third-order valence-electron chi connectivity index (χ3n) is 5.29. The van der Waals surface area contributed by atoms with Crippen molar-refractivity contribution in [3.8, 4) is 12.0 Å². The summed E-state index contributed by atoms with van der Waals surface area (Å²) in [5.41, 5.74) is 6.67. The third-order valence-corrected chi connectivity index (χ3v) is 5.29. The molecule has 1 aliphatic rings. The van der Waals surface area contributed by atoms with Crippen molar-refractivity contribution in [3.63, 3.8) is 0 Å². The van der Waals surface area contributed by atoms with Gasteiger partial charge in [0.05, 0.1) is 19.9 Å². The van der Waals surface area contributed by atoms with E-state index in [0.717, 1.165) is 12.8 Å². The van der Waals surface area contributed by atoms with Gasteiger partial charge in [-0.25, -0.2) is 4.79 Å². The van der Waals surface area contributed by atoms with Gasteiger partial charge in [0.15, 0.2) is 17.0 Å². The molecule has 178 valence electrons. The highest BCUT2D eigenvalue weighted by molar-refractivity contribution is 5.83. The number of unbranched alkanes of at least 4 members (excludes halogenated alkanes) is 1. The number of hydrogen-bond acceptors (Lipinski definition) is 9. The average molecular weight is 450 g/mol. The average Bonchev–Trinajstić information content (AvgIpc) is 3.11. The fourth-order valence-electron chi connectivity index (χ4n) is 3.58. The summed E-state index contributed by atoms with van der Waals surface area (Å²) in [7, 11) is 1.56. The molecule has 1 atom stereocenters. The Bertz CT molecular complexity index is 932. The van der Waals surface area contributed by atoms with E-state index in [1.165, 1.54) is 0 Å². The van der Waals surface area contributed by atoms with Gasteiger partial charge >= 0.3 is 12.1 Å². The lowest BCUT2D eigenvalue weighted by Crippen LogP contribution is -2.51. The van der Waals surface area contributed by atoms with Gasteiger partial charge < -0.3 is 24.8 Å². The molecule has 3 heterocycles.